The van der Waals surface area contributed by atoms with E-state index in [4.69, 9.17) is 0 Å². The van der Waals surface area contributed by atoms with E-state index in [9.17, 15) is 13.6 Å². The first-order valence-corrected chi connectivity index (χ1v) is 7.71. The standard InChI is InChI=1S/C18H16F2O2S/c1-13(17(21)22-2)16(14-9-5-3-6-10-14)18(19,20)23-15-11-7-4-8-12-15/h3-12,16H,1H2,2H3/t16-/m1/s1. The molecule has 0 radical (unpaired) electrons. The van der Waals surface area contributed by atoms with Gasteiger partial charge in [0.2, 0.25) is 0 Å². The fraction of sp³-hybridized carbons (Fsp3) is 0.167. The lowest BCUT2D eigenvalue weighted by Gasteiger charge is -2.27. The molecule has 0 heterocycles. The Bertz CT molecular complexity index is 672. The summed E-state index contributed by atoms with van der Waals surface area (Å²) in [6, 6.07) is 16.5. The third-order valence-corrected chi connectivity index (χ3v) is 4.28. The largest absolute Gasteiger partial charge is 0.466 e. The molecule has 5 heteroatoms. The number of methoxy groups -OCH3 is 1. The van der Waals surface area contributed by atoms with E-state index in [0.29, 0.717) is 22.2 Å². The Kier molecular flexibility index (Phi) is 5.55. The Balaban J connectivity index is 2.39. The van der Waals surface area contributed by atoms with Gasteiger partial charge in [-0.05, 0) is 17.7 Å². The normalized spacial score (nSPS) is 12.5. The summed E-state index contributed by atoms with van der Waals surface area (Å²) in [6.45, 7) is 3.54. The molecular weight excluding hydrogens is 318 g/mol. The zero-order valence-electron chi connectivity index (χ0n) is 12.5. The van der Waals surface area contributed by atoms with Crippen LogP contribution in [0.5, 0.6) is 0 Å². The van der Waals surface area contributed by atoms with Crippen molar-refractivity contribution in [1.82, 2.24) is 0 Å². The van der Waals surface area contributed by atoms with Crippen LogP contribution in [0, 0.1) is 0 Å². The molecule has 2 rings (SSSR count). The van der Waals surface area contributed by atoms with E-state index in [2.05, 4.69) is 11.3 Å². The quantitative estimate of drug-likeness (QED) is 0.428. The number of rotatable bonds is 6. The SMILES string of the molecule is C=C(C(=O)OC)[C@H](c1ccccc1)C(F)(F)Sc1ccccc1. The summed E-state index contributed by atoms with van der Waals surface area (Å²) in [5, 5.41) is -3.26. The van der Waals surface area contributed by atoms with Gasteiger partial charge in [0.25, 0.3) is 0 Å². The summed E-state index contributed by atoms with van der Waals surface area (Å²) in [6.07, 6.45) is 0. The predicted octanol–water partition coefficient (Wildman–Crippen LogP) is 4.88. The zero-order valence-corrected chi connectivity index (χ0v) is 13.4. The van der Waals surface area contributed by atoms with E-state index < -0.39 is 17.1 Å². The van der Waals surface area contributed by atoms with Crippen molar-refractivity contribution >= 4 is 17.7 Å². The minimum Gasteiger partial charge on any atom is -0.466 e. The van der Waals surface area contributed by atoms with Gasteiger partial charge in [-0.15, -0.1) is 0 Å². The van der Waals surface area contributed by atoms with Crippen molar-refractivity contribution < 1.29 is 18.3 Å². The molecular formula is C18H16F2O2S. The van der Waals surface area contributed by atoms with Crippen LogP contribution < -0.4 is 0 Å². The van der Waals surface area contributed by atoms with Gasteiger partial charge in [-0.3, -0.25) is 0 Å². The predicted molar refractivity (Wildman–Crippen MR) is 87.6 cm³/mol. The van der Waals surface area contributed by atoms with E-state index in [1.807, 2.05) is 0 Å². The second kappa shape index (κ2) is 7.42. The molecule has 120 valence electrons. The Morgan fingerprint density at radius 3 is 2.13 bits per heavy atom. The minimum absolute atomic E-state index is 0.271. The highest BCUT2D eigenvalue weighted by molar-refractivity contribution is 8.00. The van der Waals surface area contributed by atoms with Gasteiger partial charge in [0.1, 0.15) is 0 Å². The minimum atomic E-state index is -3.26. The molecule has 0 saturated carbocycles. The van der Waals surface area contributed by atoms with Crippen LogP contribution in [0.2, 0.25) is 0 Å². The van der Waals surface area contributed by atoms with E-state index in [-0.39, 0.29) is 5.57 Å². The van der Waals surface area contributed by atoms with Gasteiger partial charge in [-0.25, -0.2) is 4.79 Å². The summed E-state index contributed by atoms with van der Waals surface area (Å²) >= 11 is 0.403. The van der Waals surface area contributed by atoms with Crippen molar-refractivity contribution in [3.05, 3.63) is 78.4 Å². The number of halogens is 2. The summed E-state index contributed by atoms with van der Waals surface area (Å²) in [4.78, 5) is 12.2. The number of hydrogen-bond donors (Lipinski definition) is 0. The lowest BCUT2D eigenvalue weighted by molar-refractivity contribution is -0.137. The first-order valence-electron chi connectivity index (χ1n) is 6.89. The number of alkyl halides is 2. The molecule has 2 aromatic rings. The van der Waals surface area contributed by atoms with Gasteiger partial charge < -0.3 is 4.74 Å². The van der Waals surface area contributed by atoms with E-state index >= 15 is 0 Å². The molecule has 2 nitrogen and oxygen atoms in total. The fourth-order valence-corrected chi connectivity index (χ4v) is 3.20. The number of thioether (sulfide) groups is 1. The van der Waals surface area contributed by atoms with Gasteiger partial charge in [0.15, 0.2) is 0 Å². The van der Waals surface area contributed by atoms with Crippen LogP contribution in [-0.2, 0) is 9.53 Å². The lowest BCUT2D eigenvalue weighted by atomic mass is 9.92. The van der Waals surface area contributed by atoms with Crippen LogP contribution in [-0.4, -0.2) is 18.3 Å². The van der Waals surface area contributed by atoms with Crippen LogP contribution in [0.15, 0.2) is 77.7 Å². The summed E-state index contributed by atoms with van der Waals surface area (Å²) < 4.78 is 34.4. The Morgan fingerprint density at radius 2 is 1.61 bits per heavy atom. The lowest BCUT2D eigenvalue weighted by Crippen LogP contribution is -2.27. The van der Waals surface area contributed by atoms with Crippen LogP contribution in [0.4, 0.5) is 8.78 Å². The number of hydrogen-bond acceptors (Lipinski definition) is 3. The second-order valence-electron chi connectivity index (χ2n) is 4.84. The molecule has 1 atom stereocenters. The number of ether oxygens (including phenoxy) is 1. The van der Waals surface area contributed by atoms with Crippen molar-refractivity contribution in [3.63, 3.8) is 0 Å². The van der Waals surface area contributed by atoms with Crippen LogP contribution in [0.25, 0.3) is 0 Å². The van der Waals surface area contributed by atoms with Gasteiger partial charge in [-0.1, -0.05) is 66.9 Å². The molecule has 0 unspecified atom stereocenters. The van der Waals surface area contributed by atoms with Gasteiger partial charge in [0, 0.05) is 10.5 Å². The summed E-state index contributed by atoms with van der Waals surface area (Å²) in [5.74, 6) is -2.31. The maximum atomic E-state index is 14.9. The average molecular weight is 334 g/mol. The first-order chi connectivity index (χ1) is 11.0. The zero-order chi connectivity index (χ0) is 16.9. The molecule has 0 saturated heterocycles. The second-order valence-corrected chi connectivity index (χ2v) is 6.06. The van der Waals surface area contributed by atoms with Crippen molar-refractivity contribution in [1.29, 1.82) is 0 Å². The maximum absolute atomic E-state index is 14.9. The summed E-state index contributed by atoms with van der Waals surface area (Å²) in [5.41, 5.74) is 0.0449. The highest BCUT2D eigenvalue weighted by atomic mass is 32.2. The molecule has 0 aromatic heterocycles. The molecule has 0 aliphatic heterocycles. The molecule has 0 bridgehead atoms. The third-order valence-electron chi connectivity index (χ3n) is 3.26. The van der Waals surface area contributed by atoms with Crippen LogP contribution >= 0.6 is 11.8 Å². The van der Waals surface area contributed by atoms with E-state index in [1.54, 1.807) is 60.7 Å². The monoisotopic (exact) mass is 334 g/mol. The Hall–Kier alpha value is -2.14. The van der Waals surface area contributed by atoms with Crippen molar-refractivity contribution in [2.45, 2.75) is 16.1 Å². The van der Waals surface area contributed by atoms with E-state index in [1.165, 1.54) is 0 Å². The Labute approximate surface area is 138 Å². The number of esters is 1. The number of carbonyl (C=O) groups is 1. The topological polar surface area (TPSA) is 26.3 Å². The molecule has 0 N–H and O–H groups in total. The fourth-order valence-electron chi connectivity index (χ4n) is 2.20. The highest BCUT2D eigenvalue weighted by Gasteiger charge is 2.45. The smallest absolute Gasteiger partial charge is 0.334 e. The van der Waals surface area contributed by atoms with Gasteiger partial charge in [0.05, 0.1) is 13.0 Å². The molecule has 0 spiro atoms. The van der Waals surface area contributed by atoms with Gasteiger partial charge >= 0.3 is 11.2 Å². The highest BCUT2D eigenvalue weighted by Crippen LogP contribution is 2.49. The number of benzene rings is 2. The van der Waals surface area contributed by atoms with Crippen LogP contribution in [0.3, 0.4) is 0 Å². The average Bonchev–Trinajstić information content (AvgIpc) is 2.55. The number of carbonyl (C=O) groups excluding carboxylic acids is 1. The van der Waals surface area contributed by atoms with Crippen LogP contribution in [0.1, 0.15) is 11.5 Å². The maximum Gasteiger partial charge on any atom is 0.334 e. The first kappa shape index (κ1) is 17.2. The molecule has 2 aromatic carbocycles. The molecule has 0 amide bonds. The van der Waals surface area contributed by atoms with E-state index in [0.717, 1.165) is 7.11 Å². The van der Waals surface area contributed by atoms with Crippen molar-refractivity contribution in [3.8, 4) is 0 Å². The molecule has 23 heavy (non-hydrogen) atoms. The van der Waals surface area contributed by atoms with Gasteiger partial charge in [-0.2, -0.15) is 8.78 Å². The molecule has 0 aliphatic carbocycles. The van der Waals surface area contributed by atoms with Crippen molar-refractivity contribution in [2.75, 3.05) is 7.11 Å². The third kappa shape index (κ3) is 4.20. The molecule has 0 aliphatic rings. The molecule has 0 fully saturated rings. The van der Waals surface area contributed by atoms with Crippen molar-refractivity contribution in [2.24, 2.45) is 0 Å². The summed E-state index contributed by atoms with van der Waals surface area (Å²) in [7, 11) is 1.15. The Morgan fingerprint density at radius 1 is 1.09 bits per heavy atom.